The van der Waals surface area contributed by atoms with Crippen LogP contribution in [0.15, 0.2) is 54.9 Å². The van der Waals surface area contributed by atoms with Gasteiger partial charge in [-0.3, -0.25) is 0 Å². The lowest BCUT2D eigenvalue weighted by molar-refractivity contribution is 0.628. The fourth-order valence-electron chi connectivity index (χ4n) is 3.08. The molecule has 25 heavy (non-hydrogen) atoms. The Hall–Kier alpha value is -3.15. The van der Waals surface area contributed by atoms with Crippen molar-refractivity contribution in [1.82, 2.24) is 9.97 Å². The predicted octanol–water partition coefficient (Wildman–Crippen LogP) is 3.50. The molecule has 4 rings (SSSR count). The Bertz CT molecular complexity index is 895. The number of aromatic nitrogens is 2. The van der Waals surface area contributed by atoms with Crippen molar-refractivity contribution in [2.45, 2.75) is 13.0 Å². The van der Waals surface area contributed by atoms with Crippen molar-refractivity contribution >= 4 is 23.0 Å². The van der Waals surface area contributed by atoms with E-state index in [4.69, 9.17) is 5.73 Å². The molecule has 0 atom stereocenters. The van der Waals surface area contributed by atoms with Crippen molar-refractivity contribution < 1.29 is 4.39 Å². The van der Waals surface area contributed by atoms with Gasteiger partial charge >= 0.3 is 0 Å². The van der Waals surface area contributed by atoms with E-state index in [1.165, 1.54) is 29.6 Å². The molecule has 0 radical (unpaired) electrons. The summed E-state index contributed by atoms with van der Waals surface area (Å²) in [6, 6.07) is 14.5. The topological polar surface area (TPSA) is 67.1 Å². The Morgan fingerprint density at radius 3 is 2.56 bits per heavy atom. The molecular formula is C19H18FN5. The van der Waals surface area contributed by atoms with Gasteiger partial charge in [0.25, 0.3) is 0 Å². The molecule has 0 fully saturated rings. The molecule has 0 aliphatic carbocycles. The number of hydrogen-bond acceptors (Lipinski definition) is 5. The highest BCUT2D eigenvalue weighted by Crippen LogP contribution is 2.31. The van der Waals surface area contributed by atoms with Crippen LogP contribution in [0, 0.1) is 5.82 Å². The highest BCUT2D eigenvalue weighted by Gasteiger charge is 2.20. The summed E-state index contributed by atoms with van der Waals surface area (Å²) in [6.45, 7) is 1.63. The predicted molar refractivity (Wildman–Crippen MR) is 97.3 cm³/mol. The second kappa shape index (κ2) is 6.39. The van der Waals surface area contributed by atoms with E-state index in [2.05, 4.69) is 38.4 Å². The first-order valence-corrected chi connectivity index (χ1v) is 8.15. The Labute approximate surface area is 145 Å². The van der Waals surface area contributed by atoms with Gasteiger partial charge in [-0.1, -0.05) is 24.3 Å². The molecule has 2 aromatic carbocycles. The van der Waals surface area contributed by atoms with Crippen LogP contribution in [0.25, 0.3) is 0 Å². The van der Waals surface area contributed by atoms with Gasteiger partial charge in [-0.15, -0.1) is 0 Å². The van der Waals surface area contributed by atoms with E-state index in [0.717, 1.165) is 25.2 Å². The van der Waals surface area contributed by atoms with Crippen LogP contribution in [0.5, 0.6) is 0 Å². The first kappa shape index (κ1) is 15.4. The van der Waals surface area contributed by atoms with Crippen LogP contribution in [-0.2, 0) is 13.0 Å². The number of rotatable bonds is 3. The van der Waals surface area contributed by atoms with Gasteiger partial charge in [0, 0.05) is 18.8 Å². The normalized spacial score (nSPS) is 13.4. The Morgan fingerprint density at radius 1 is 1.00 bits per heavy atom. The minimum atomic E-state index is -0.283. The Morgan fingerprint density at radius 2 is 1.76 bits per heavy atom. The Balaban J connectivity index is 1.60. The molecule has 1 aliphatic heterocycles. The third-order valence-electron chi connectivity index (χ3n) is 4.40. The molecule has 0 unspecified atom stereocenters. The number of benzene rings is 2. The van der Waals surface area contributed by atoms with Crippen LogP contribution in [0.1, 0.15) is 11.1 Å². The third-order valence-corrected chi connectivity index (χ3v) is 4.40. The average molecular weight is 335 g/mol. The number of nitrogen functional groups attached to an aromatic ring is 1. The van der Waals surface area contributed by atoms with E-state index in [9.17, 15) is 4.39 Å². The van der Waals surface area contributed by atoms with Gasteiger partial charge in [-0.05, 0) is 41.8 Å². The number of nitrogens with one attached hydrogen (secondary N) is 1. The zero-order valence-electron chi connectivity index (χ0n) is 13.6. The molecule has 0 bridgehead atoms. The van der Waals surface area contributed by atoms with Crippen LogP contribution in [-0.4, -0.2) is 16.5 Å². The summed E-state index contributed by atoms with van der Waals surface area (Å²) >= 11 is 0. The fraction of sp³-hybridized carbons (Fsp3) is 0.158. The van der Waals surface area contributed by atoms with Gasteiger partial charge in [0.1, 0.15) is 17.8 Å². The zero-order valence-corrected chi connectivity index (χ0v) is 13.6. The standard InChI is InChI=1S/C19H18FN5/c20-15-5-7-16(8-6-15)24-18-17(21)19(23-12-22-18)25-10-9-13-3-1-2-4-14(13)11-25/h1-8,12H,9-11,21H2,(H,22,23,24). The van der Waals surface area contributed by atoms with E-state index in [1.54, 1.807) is 12.1 Å². The van der Waals surface area contributed by atoms with Crippen molar-refractivity contribution in [2.75, 3.05) is 22.5 Å². The molecule has 1 aliphatic rings. The van der Waals surface area contributed by atoms with Gasteiger partial charge in [0.05, 0.1) is 0 Å². The maximum absolute atomic E-state index is 13.0. The first-order valence-electron chi connectivity index (χ1n) is 8.15. The summed E-state index contributed by atoms with van der Waals surface area (Å²) in [5.41, 5.74) is 10.2. The first-order chi connectivity index (χ1) is 12.2. The summed E-state index contributed by atoms with van der Waals surface area (Å²) in [4.78, 5) is 10.8. The summed E-state index contributed by atoms with van der Waals surface area (Å²) < 4.78 is 13.0. The lowest BCUT2D eigenvalue weighted by Crippen LogP contribution is -2.31. The number of anilines is 4. The van der Waals surface area contributed by atoms with E-state index < -0.39 is 0 Å². The summed E-state index contributed by atoms with van der Waals surface area (Å²) in [6.07, 6.45) is 2.46. The maximum atomic E-state index is 13.0. The van der Waals surface area contributed by atoms with Crippen molar-refractivity contribution in [3.8, 4) is 0 Å². The van der Waals surface area contributed by atoms with Crippen LogP contribution in [0.2, 0.25) is 0 Å². The molecule has 0 saturated carbocycles. The van der Waals surface area contributed by atoms with Gasteiger partial charge in [0.2, 0.25) is 0 Å². The molecule has 126 valence electrons. The molecular weight excluding hydrogens is 317 g/mol. The van der Waals surface area contributed by atoms with Crippen LogP contribution < -0.4 is 16.0 Å². The number of nitrogens with two attached hydrogens (primary N) is 1. The summed E-state index contributed by atoms with van der Waals surface area (Å²) in [7, 11) is 0. The summed E-state index contributed by atoms with van der Waals surface area (Å²) in [5, 5.41) is 3.13. The lowest BCUT2D eigenvalue weighted by atomic mass is 10.00. The minimum absolute atomic E-state index is 0.283. The fourth-order valence-corrected chi connectivity index (χ4v) is 3.08. The number of fused-ring (bicyclic) bond motifs is 1. The molecule has 5 nitrogen and oxygen atoms in total. The third kappa shape index (κ3) is 3.10. The second-order valence-electron chi connectivity index (χ2n) is 6.03. The number of nitrogens with zero attached hydrogens (tertiary/aromatic N) is 3. The molecule has 0 amide bonds. The second-order valence-corrected chi connectivity index (χ2v) is 6.03. The summed E-state index contributed by atoms with van der Waals surface area (Å²) in [5.74, 6) is 0.957. The van der Waals surface area contributed by atoms with Crippen LogP contribution >= 0.6 is 0 Å². The van der Waals surface area contributed by atoms with Crippen LogP contribution in [0.4, 0.5) is 27.4 Å². The van der Waals surface area contributed by atoms with E-state index in [1.807, 2.05) is 6.07 Å². The van der Waals surface area contributed by atoms with Gasteiger partial charge in [-0.2, -0.15) is 0 Å². The van der Waals surface area contributed by atoms with Crippen molar-refractivity contribution in [3.63, 3.8) is 0 Å². The maximum Gasteiger partial charge on any atom is 0.159 e. The molecule has 2 heterocycles. The minimum Gasteiger partial charge on any atom is -0.393 e. The van der Waals surface area contributed by atoms with Crippen molar-refractivity contribution in [1.29, 1.82) is 0 Å². The monoisotopic (exact) mass is 335 g/mol. The molecule has 0 spiro atoms. The molecule has 0 saturated heterocycles. The van der Waals surface area contributed by atoms with Gasteiger partial charge in [0.15, 0.2) is 11.6 Å². The van der Waals surface area contributed by atoms with Crippen molar-refractivity contribution in [3.05, 3.63) is 71.8 Å². The smallest absolute Gasteiger partial charge is 0.159 e. The van der Waals surface area contributed by atoms with Crippen molar-refractivity contribution in [2.24, 2.45) is 0 Å². The SMILES string of the molecule is Nc1c(Nc2ccc(F)cc2)ncnc1N1CCc2ccccc2C1. The lowest BCUT2D eigenvalue weighted by Gasteiger charge is -2.30. The molecule has 3 N–H and O–H groups in total. The number of hydrogen-bond donors (Lipinski definition) is 2. The largest absolute Gasteiger partial charge is 0.393 e. The van der Waals surface area contributed by atoms with Gasteiger partial charge in [-0.25, -0.2) is 14.4 Å². The van der Waals surface area contributed by atoms with E-state index >= 15 is 0 Å². The van der Waals surface area contributed by atoms with E-state index in [0.29, 0.717) is 17.3 Å². The highest BCUT2D eigenvalue weighted by atomic mass is 19.1. The van der Waals surface area contributed by atoms with E-state index in [-0.39, 0.29) is 5.82 Å². The molecule has 1 aromatic heterocycles. The zero-order chi connectivity index (χ0) is 17.2. The molecule has 3 aromatic rings. The van der Waals surface area contributed by atoms with Gasteiger partial charge < -0.3 is 16.0 Å². The highest BCUT2D eigenvalue weighted by molar-refractivity contribution is 5.78. The van der Waals surface area contributed by atoms with Crippen LogP contribution in [0.3, 0.4) is 0 Å². The quantitative estimate of drug-likeness (QED) is 0.767. The molecule has 6 heteroatoms. The Kier molecular flexibility index (Phi) is 3.93. The average Bonchev–Trinajstić information content (AvgIpc) is 2.65. The number of halogens is 1.